The average Bonchev–Trinajstić information content (AvgIpc) is 2.80. The van der Waals surface area contributed by atoms with E-state index in [0.29, 0.717) is 11.1 Å². The van der Waals surface area contributed by atoms with Gasteiger partial charge in [0.1, 0.15) is 0 Å². The van der Waals surface area contributed by atoms with Crippen LogP contribution < -0.4 is 19.3 Å². The van der Waals surface area contributed by atoms with Crippen LogP contribution in [-0.2, 0) is 15.1 Å². The molecule has 1 aromatic heterocycles. The minimum absolute atomic E-state index is 0.149. The van der Waals surface area contributed by atoms with Crippen molar-refractivity contribution in [1.29, 1.82) is 0 Å². The fourth-order valence-corrected chi connectivity index (χ4v) is 3.23. The summed E-state index contributed by atoms with van der Waals surface area (Å²) in [4.78, 5) is 20.5. The number of carbonyl (C=O) groups is 1. The van der Waals surface area contributed by atoms with E-state index in [1.54, 1.807) is 48.5 Å². The van der Waals surface area contributed by atoms with Gasteiger partial charge in [-0.3, -0.25) is 0 Å². The molecule has 0 aliphatic heterocycles. The predicted octanol–water partition coefficient (Wildman–Crippen LogP) is 1.58. The van der Waals surface area contributed by atoms with E-state index in [4.69, 9.17) is 18.9 Å². The molecule has 0 N–H and O–H groups in total. The molecule has 1 unspecified atom stereocenters. The van der Waals surface area contributed by atoms with E-state index in [2.05, 4.69) is 9.97 Å². The monoisotopic (exact) mass is 409 g/mol. The maximum absolute atomic E-state index is 12.3. The second kappa shape index (κ2) is 9.23. The molecular formula is C22H21N2O6-. The molecular weight excluding hydrogens is 388 g/mol. The summed E-state index contributed by atoms with van der Waals surface area (Å²) in [6.07, 6.45) is -1.64. The smallest absolute Gasteiger partial charge is 0.323 e. The summed E-state index contributed by atoms with van der Waals surface area (Å²) >= 11 is 0. The van der Waals surface area contributed by atoms with E-state index in [1.807, 2.05) is 12.1 Å². The van der Waals surface area contributed by atoms with Crippen LogP contribution in [-0.4, -0.2) is 43.4 Å². The van der Waals surface area contributed by atoms with Crippen LogP contribution in [0.3, 0.4) is 0 Å². The number of ether oxygens (including phenoxy) is 4. The number of rotatable bonds is 9. The number of hydrogen-bond donors (Lipinski definition) is 0. The number of aliphatic carboxylic acids is 1. The molecule has 1 atom stereocenters. The van der Waals surface area contributed by atoms with Gasteiger partial charge in [0.2, 0.25) is 11.8 Å². The Hall–Kier alpha value is -3.65. The van der Waals surface area contributed by atoms with E-state index in [9.17, 15) is 9.90 Å². The molecule has 2 aromatic carbocycles. The van der Waals surface area contributed by atoms with Gasteiger partial charge in [0, 0.05) is 7.11 Å². The summed E-state index contributed by atoms with van der Waals surface area (Å²) in [5.74, 6) is -1.21. The number of benzene rings is 2. The van der Waals surface area contributed by atoms with E-state index in [1.165, 1.54) is 27.4 Å². The number of methoxy groups -OCH3 is 3. The Bertz CT molecular complexity index is 920. The Morgan fingerprint density at radius 1 is 0.867 bits per heavy atom. The molecule has 3 rings (SSSR count). The summed E-state index contributed by atoms with van der Waals surface area (Å²) in [5.41, 5.74) is -0.424. The number of carbonyl (C=O) groups excluding carboxylic acids is 1. The maximum Gasteiger partial charge on any atom is 0.323 e. The van der Waals surface area contributed by atoms with Crippen molar-refractivity contribution in [2.24, 2.45) is 0 Å². The van der Waals surface area contributed by atoms with Crippen molar-refractivity contribution in [3.63, 3.8) is 0 Å². The third-order valence-corrected chi connectivity index (χ3v) is 4.61. The minimum atomic E-state index is -1.64. The second-order valence-electron chi connectivity index (χ2n) is 6.22. The van der Waals surface area contributed by atoms with Crippen molar-refractivity contribution in [2.45, 2.75) is 11.7 Å². The predicted molar refractivity (Wildman–Crippen MR) is 105 cm³/mol. The highest BCUT2D eigenvalue weighted by atomic mass is 16.6. The number of hydrogen-bond acceptors (Lipinski definition) is 8. The highest BCUT2D eigenvalue weighted by Crippen LogP contribution is 2.38. The molecule has 8 heteroatoms. The lowest BCUT2D eigenvalue weighted by Gasteiger charge is -2.40. The molecule has 0 aliphatic rings. The molecule has 3 aromatic rings. The first-order valence-electron chi connectivity index (χ1n) is 9.06. The van der Waals surface area contributed by atoms with Gasteiger partial charge in [0.05, 0.1) is 26.3 Å². The number of nitrogens with zero attached hydrogens (tertiary/aromatic N) is 2. The molecule has 0 aliphatic carbocycles. The lowest BCUT2D eigenvalue weighted by molar-refractivity contribution is -0.320. The SMILES string of the molecule is COc1cc(OC)nc(OC(C(=O)[O-])C(OC)(c2ccccc2)c2ccccc2)n1. The third-order valence-electron chi connectivity index (χ3n) is 4.61. The van der Waals surface area contributed by atoms with Crippen LogP contribution in [0.15, 0.2) is 66.7 Å². The lowest BCUT2D eigenvalue weighted by Crippen LogP contribution is -2.55. The lowest BCUT2D eigenvalue weighted by atomic mass is 9.81. The molecule has 0 bridgehead atoms. The molecule has 1 heterocycles. The Balaban J connectivity index is 2.18. The number of carboxylic acids is 1. The molecule has 0 spiro atoms. The first kappa shape index (κ1) is 21.1. The van der Waals surface area contributed by atoms with Crippen LogP contribution >= 0.6 is 0 Å². The van der Waals surface area contributed by atoms with Crippen LogP contribution in [0, 0.1) is 0 Å². The molecule has 0 saturated carbocycles. The summed E-state index contributed by atoms with van der Waals surface area (Å²) in [6.45, 7) is 0. The van der Waals surface area contributed by atoms with Crippen molar-refractivity contribution >= 4 is 5.97 Å². The standard InChI is InChI=1S/C22H22N2O6/c1-27-17-14-18(28-2)24-21(23-17)30-19(20(25)26)22(29-3,15-10-6-4-7-11-15)16-12-8-5-9-13-16/h4-14,19H,1-3H3,(H,25,26)/p-1. The molecule has 30 heavy (non-hydrogen) atoms. The highest BCUT2D eigenvalue weighted by Gasteiger charge is 2.46. The van der Waals surface area contributed by atoms with Gasteiger partial charge in [0.15, 0.2) is 11.7 Å². The van der Waals surface area contributed by atoms with Crippen LogP contribution in [0.5, 0.6) is 17.8 Å². The second-order valence-corrected chi connectivity index (χ2v) is 6.22. The van der Waals surface area contributed by atoms with Gasteiger partial charge in [-0.25, -0.2) is 0 Å². The van der Waals surface area contributed by atoms with Gasteiger partial charge in [-0.1, -0.05) is 60.7 Å². The molecule has 0 saturated heterocycles. The first-order valence-corrected chi connectivity index (χ1v) is 9.06. The molecule has 0 fully saturated rings. The van der Waals surface area contributed by atoms with Gasteiger partial charge in [0.25, 0.3) is 0 Å². The normalized spacial score (nSPS) is 12.1. The Morgan fingerprint density at radius 3 is 1.70 bits per heavy atom. The van der Waals surface area contributed by atoms with E-state index >= 15 is 0 Å². The quantitative estimate of drug-likeness (QED) is 0.525. The number of carboxylic acid groups (broad SMARTS) is 1. The Kier molecular flexibility index (Phi) is 6.48. The van der Waals surface area contributed by atoms with Crippen molar-refractivity contribution in [2.75, 3.05) is 21.3 Å². The van der Waals surface area contributed by atoms with Gasteiger partial charge in [-0.2, -0.15) is 9.97 Å². The minimum Gasteiger partial charge on any atom is -0.546 e. The third kappa shape index (κ3) is 4.04. The van der Waals surface area contributed by atoms with E-state index in [0.717, 1.165) is 0 Å². The Morgan fingerprint density at radius 2 is 1.33 bits per heavy atom. The first-order chi connectivity index (χ1) is 14.5. The van der Waals surface area contributed by atoms with E-state index in [-0.39, 0.29) is 17.8 Å². The van der Waals surface area contributed by atoms with Crippen molar-refractivity contribution in [1.82, 2.24) is 9.97 Å². The fourth-order valence-electron chi connectivity index (χ4n) is 3.23. The van der Waals surface area contributed by atoms with Crippen LogP contribution in [0.1, 0.15) is 11.1 Å². The van der Waals surface area contributed by atoms with Crippen LogP contribution in [0.2, 0.25) is 0 Å². The summed E-state index contributed by atoms with van der Waals surface area (Å²) in [5, 5.41) is 12.3. The summed E-state index contributed by atoms with van der Waals surface area (Å²) in [6, 6.07) is 19.0. The molecule has 156 valence electrons. The van der Waals surface area contributed by atoms with Crippen molar-refractivity contribution < 1.29 is 28.8 Å². The zero-order valence-corrected chi connectivity index (χ0v) is 16.8. The van der Waals surface area contributed by atoms with E-state index < -0.39 is 17.7 Å². The maximum atomic E-state index is 12.3. The van der Waals surface area contributed by atoms with Crippen molar-refractivity contribution in [3.05, 3.63) is 77.9 Å². The summed E-state index contributed by atoms with van der Waals surface area (Å²) < 4.78 is 21.8. The molecule has 8 nitrogen and oxygen atoms in total. The van der Waals surface area contributed by atoms with Crippen molar-refractivity contribution in [3.8, 4) is 17.8 Å². The fraction of sp³-hybridized carbons (Fsp3) is 0.227. The van der Waals surface area contributed by atoms with Crippen LogP contribution in [0.25, 0.3) is 0 Å². The zero-order valence-electron chi connectivity index (χ0n) is 16.8. The average molecular weight is 409 g/mol. The summed E-state index contributed by atoms with van der Waals surface area (Å²) in [7, 11) is 4.23. The highest BCUT2D eigenvalue weighted by molar-refractivity contribution is 5.74. The Labute approximate surface area is 174 Å². The molecule has 0 radical (unpaired) electrons. The topological polar surface area (TPSA) is 103 Å². The molecule has 0 amide bonds. The zero-order chi connectivity index (χ0) is 21.6. The van der Waals surface area contributed by atoms with Gasteiger partial charge in [-0.05, 0) is 11.1 Å². The van der Waals surface area contributed by atoms with Crippen LogP contribution in [0.4, 0.5) is 0 Å². The number of aromatic nitrogens is 2. The van der Waals surface area contributed by atoms with Gasteiger partial charge >= 0.3 is 6.01 Å². The van der Waals surface area contributed by atoms with Gasteiger partial charge < -0.3 is 28.8 Å². The van der Waals surface area contributed by atoms with Gasteiger partial charge in [-0.15, -0.1) is 0 Å². The largest absolute Gasteiger partial charge is 0.546 e.